The maximum Gasteiger partial charge on any atom is 0.0586 e. The number of hydrogen-bond donors (Lipinski definition) is 1. The van der Waals surface area contributed by atoms with Gasteiger partial charge in [0.05, 0.1) is 5.54 Å². The van der Waals surface area contributed by atoms with E-state index < -0.39 is 0 Å². The molecule has 0 radical (unpaired) electrons. The second-order valence-corrected chi connectivity index (χ2v) is 5.84. The number of likely N-dealkylation sites (N-methyl/N-ethyl adjacent to an activating group) is 1. The van der Waals surface area contributed by atoms with Gasteiger partial charge in [-0.1, -0.05) is 45.0 Å². The van der Waals surface area contributed by atoms with E-state index in [0.29, 0.717) is 5.92 Å². The van der Waals surface area contributed by atoms with E-state index in [2.05, 4.69) is 49.9 Å². The zero-order chi connectivity index (χ0) is 13.9. The number of fused-ring (bicyclic) bond motifs is 1. The Hall–Kier alpha value is -0.860. The van der Waals surface area contributed by atoms with E-state index >= 15 is 0 Å². The Balaban J connectivity index is 2.48. The first-order chi connectivity index (χ1) is 9.19. The average molecular weight is 260 g/mol. The van der Waals surface area contributed by atoms with Gasteiger partial charge in [0.15, 0.2) is 0 Å². The summed E-state index contributed by atoms with van der Waals surface area (Å²) in [6.07, 6.45) is 3.62. The third-order valence-electron chi connectivity index (χ3n) is 4.80. The number of hydrogen-bond acceptors (Lipinski definition) is 2. The first-order valence-electron chi connectivity index (χ1n) is 7.74. The van der Waals surface area contributed by atoms with Crippen LogP contribution in [0.2, 0.25) is 0 Å². The van der Waals surface area contributed by atoms with Crippen LogP contribution in [0.1, 0.15) is 57.1 Å². The zero-order valence-electron chi connectivity index (χ0n) is 12.7. The lowest BCUT2D eigenvalue weighted by Crippen LogP contribution is -2.53. The summed E-state index contributed by atoms with van der Waals surface area (Å²) < 4.78 is 0. The van der Waals surface area contributed by atoms with E-state index in [4.69, 9.17) is 5.73 Å². The smallest absolute Gasteiger partial charge is 0.0586 e. The van der Waals surface area contributed by atoms with Crippen molar-refractivity contribution in [3.8, 4) is 0 Å². The number of benzene rings is 1. The highest BCUT2D eigenvalue weighted by molar-refractivity contribution is 5.39. The molecule has 0 saturated carbocycles. The number of nitrogens with zero attached hydrogens (tertiary/aromatic N) is 1. The van der Waals surface area contributed by atoms with Crippen LogP contribution < -0.4 is 5.73 Å². The maximum absolute atomic E-state index is 6.26. The van der Waals surface area contributed by atoms with Crippen LogP contribution in [-0.4, -0.2) is 24.5 Å². The zero-order valence-corrected chi connectivity index (χ0v) is 12.7. The fourth-order valence-electron chi connectivity index (χ4n) is 3.71. The first-order valence-corrected chi connectivity index (χ1v) is 7.74. The van der Waals surface area contributed by atoms with Crippen LogP contribution >= 0.6 is 0 Å². The summed E-state index contributed by atoms with van der Waals surface area (Å²) in [6.45, 7) is 9.79. The molecule has 0 spiro atoms. The Morgan fingerprint density at radius 3 is 2.68 bits per heavy atom. The molecule has 0 bridgehead atoms. The van der Waals surface area contributed by atoms with Crippen LogP contribution in [0, 0.1) is 0 Å². The van der Waals surface area contributed by atoms with Crippen molar-refractivity contribution in [2.24, 2.45) is 5.73 Å². The van der Waals surface area contributed by atoms with Crippen LogP contribution in [0.25, 0.3) is 0 Å². The summed E-state index contributed by atoms with van der Waals surface area (Å²) in [4.78, 5) is 2.59. The molecule has 0 saturated heterocycles. The summed E-state index contributed by atoms with van der Waals surface area (Å²) in [6, 6.07) is 8.93. The molecule has 19 heavy (non-hydrogen) atoms. The summed E-state index contributed by atoms with van der Waals surface area (Å²) in [5, 5.41) is 0. The molecule has 0 aliphatic heterocycles. The van der Waals surface area contributed by atoms with Gasteiger partial charge in [-0.2, -0.15) is 0 Å². The second kappa shape index (κ2) is 6.06. The molecule has 106 valence electrons. The molecule has 2 heteroatoms. The lowest BCUT2D eigenvalue weighted by Gasteiger charge is -2.48. The molecule has 0 heterocycles. The maximum atomic E-state index is 6.26. The fraction of sp³-hybridized carbons (Fsp3) is 0.647. The molecule has 0 fully saturated rings. The van der Waals surface area contributed by atoms with Gasteiger partial charge in [0, 0.05) is 6.54 Å². The van der Waals surface area contributed by atoms with Gasteiger partial charge in [-0.3, -0.25) is 4.90 Å². The minimum atomic E-state index is 0.0634. The molecule has 2 atom stereocenters. The van der Waals surface area contributed by atoms with Gasteiger partial charge < -0.3 is 5.73 Å². The summed E-state index contributed by atoms with van der Waals surface area (Å²) in [5.41, 5.74) is 9.31. The molecule has 2 N–H and O–H groups in total. The van der Waals surface area contributed by atoms with Crippen molar-refractivity contribution in [1.29, 1.82) is 0 Å². The van der Waals surface area contributed by atoms with E-state index in [1.165, 1.54) is 30.4 Å². The van der Waals surface area contributed by atoms with E-state index in [-0.39, 0.29) is 5.54 Å². The SMILES string of the molecule is CCCN(CC)C1(CN)CCC(C)c2ccccc21. The highest BCUT2D eigenvalue weighted by atomic mass is 15.2. The van der Waals surface area contributed by atoms with Crippen LogP contribution in [0.3, 0.4) is 0 Å². The van der Waals surface area contributed by atoms with E-state index in [1.54, 1.807) is 0 Å². The minimum absolute atomic E-state index is 0.0634. The molecule has 0 amide bonds. The normalized spacial score (nSPS) is 26.5. The predicted octanol–water partition coefficient (Wildman–Crippen LogP) is 3.47. The van der Waals surface area contributed by atoms with Crippen LogP contribution in [0.4, 0.5) is 0 Å². The highest BCUT2D eigenvalue weighted by Crippen LogP contribution is 2.44. The van der Waals surface area contributed by atoms with E-state index in [0.717, 1.165) is 19.6 Å². The van der Waals surface area contributed by atoms with Gasteiger partial charge >= 0.3 is 0 Å². The second-order valence-electron chi connectivity index (χ2n) is 5.84. The lowest BCUT2D eigenvalue weighted by molar-refractivity contribution is 0.0761. The Bertz CT molecular complexity index is 415. The van der Waals surface area contributed by atoms with Gasteiger partial charge in [-0.05, 0) is 49.4 Å². The molecule has 2 unspecified atom stereocenters. The summed E-state index contributed by atoms with van der Waals surface area (Å²) >= 11 is 0. The van der Waals surface area contributed by atoms with Crippen molar-refractivity contribution in [2.45, 2.75) is 51.5 Å². The molecule has 2 nitrogen and oxygen atoms in total. The fourth-order valence-corrected chi connectivity index (χ4v) is 3.71. The van der Waals surface area contributed by atoms with Gasteiger partial charge in [0.25, 0.3) is 0 Å². The molecule has 1 aliphatic rings. The quantitative estimate of drug-likeness (QED) is 0.878. The van der Waals surface area contributed by atoms with E-state index in [1.807, 2.05) is 0 Å². The van der Waals surface area contributed by atoms with Crippen molar-refractivity contribution in [3.05, 3.63) is 35.4 Å². The molecule has 1 aliphatic carbocycles. The van der Waals surface area contributed by atoms with Crippen molar-refractivity contribution in [1.82, 2.24) is 4.90 Å². The Morgan fingerprint density at radius 1 is 1.32 bits per heavy atom. The Kier molecular flexibility index (Phi) is 4.64. The molecular weight excluding hydrogens is 232 g/mol. The molecule has 0 aromatic heterocycles. The van der Waals surface area contributed by atoms with E-state index in [9.17, 15) is 0 Å². The summed E-state index contributed by atoms with van der Waals surface area (Å²) in [5.74, 6) is 0.663. The Morgan fingerprint density at radius 2 is 2.05 bits per heavy atom. The standard InChI is InChI=1S/C17H28N2/c1-4-12-19(5-2)17(13-18)11-10-14(3)15-8-6-7-9-16(15)17/h6-9,14H,4-5,10-13,18H2,1-3H3. The van der Waals surface area contributed by atoms with Gasteiger partial charge in [-0.15, -0.1) is 0 Å². The highest BCUT2D eigenvalue weighted by Gasteiger charge is 2.41. The largest absolute Gasteiger partial charge is 0.328 e. The number of rotatable bonds is 5. The van der Waals surface area contributed by atoms with Crippen LogP contribution in [-0.2, 0) is 5.54 Å². The van der Waals surface area contributed by atoms with Crippen molar-refractivity contribution in [3.63, 3.8) is 0 Å². The molecule has 1 aromatic carbocycles. The minimum Gasteiger partial charge on any atom is -0.328 e. The molecule has 2 rings (SSSR count). The average Bonchev–Trinajstić information content (AvgIpc) is 2.46. The van der Waals surface area contributed by atoms with Crippen LogP contribution in [0.5, 0.6) is 0 Å². The molecular formula is C17H28N2. The molecule has 1 aromatic rings. The van der Waals surface area contributed by atoms with Gasteiger partial charge in [-0.25, -0.2) is 0 Å². The van der Waals surface area contributed by atoms with Crippen LogP contribution in [0.15, 0.2) is 24.3 Å². The van der Waals surface area contributed by atoms with Crippen molar-refractivity contribution < 1.29 is 0 Å². The van der Waals surface area contributed by atoms with Crippen molar-refractivity contribution >= 4 is 0 Å². The van der Waals surface area contributed by atoms with Gasteiger partial charge in [0.1, 0.15) is 0 Å². The number of nitrogens with two attached hydrogens (primary N) is 1. The van der Waals surface area contributed by atoms with Crippen molar-refractivity contribution in [2.75, 3.05) is 19.6 Å². The lowest BCUT2D eigenvalue weighted by atomic mass is 9.71. The third-order valence-corrected chi connectivity index (χ3v) is 4.80. The topological polar surface area (TPSA) is 29.3 Å². The van der Waals surface area contributed by atoms with Gasteiger partial charge in [0.2, 0.25) is 0 Å². The monoisotopic (exact) mass is 260 g/mol. The third kappa shape index (κ3) is 2.44. The summed E-state index contributed by atoms with van der Waals surface area (Å²) in [7, 11) is 0. The Labute approximate surface area is 118 Å². The predicted molar refractivity (Wildman–Crippen MR) is 82.4 cm³/mol. The first kappa shape index (κ1) is 14.5.